The van der Waals surface area contributed by atoms with E-state index in [9.17, 15) is 14.4 Å². The zero-order valence-corrected chi connectivity index (χ0v) is 43.7. The van der Waals surface area contributed by atoms with Gasteiger partial charge < -0.3 is 14.2 Å². The van der Waals surface area contributed by atoms with Crippen molar-refractivity contribution in [3.05, 3.63) is 60.8 Å². The van der Waals surface area contributed by atoms with Gasteiger partial charge in [-0.2, -0.15) is 0 Å². The van der Waals surface area contributed by atoms with Crippen molar-refractivity contribution in [2.45, 2.75) is 290 Å². The highest BCUT2D eigenvalue weighted by Crippen LogP contribution is 2.16. The highest BCUT2D eigenvalue weighted by molar-refractivity contribution is 5.71. The minimum atomic E-state index is -0.791. The van der Waals surface area contributed by atoms with Gasteiger partial charge in [-0.25, -0.2) is 0 Å². The van der Waals surface area contributed by atoms with E-state index in [2.05, 4.69) is 63.3 Å². The van der Waals surface area contributed by atoms with Crippen LogP contribution in [-0.2, 0) is 28.6 Å². The zero-order chi connectivity index (χ0) is 47.9. The molecule has 1 atom stereocenters. The van der Waals surface area contributed by atoms with Crippen LogP contribution in [0.3, 0.4) is 0 Å². The molecule has 0 aromatic heterocycles. The molecule has 0 fully saturated rings. The van der Waals surface area contributed by atoms with Gasteiger partial charge in [-0.3, -0.25) is 14.4 Å². The van der Waals surface area contributed by atoms with Crippen LogP contribution in [0.4, 0.5) is 0 Å². The van der Waals surface area contributed by atoms with Crippen LogP contribution in [0.15, 0.2) is 60.8 Å². The molecule has 0 spiro atoms. The second kappa shape index (κ2) is 54.7. The molecule has 0 aromatic rings. The molecular weight excluding hydrogens is 817 g/mol. The fourth-order valence-corrected chi connectivity index (χ4v) is 8.10. The molecule has 0 saturated heterocycles. The fourth-order valence-electron chi connectivity index (χ4n) is 8.10. The molecule has 1 unspecified atom stereocenters. The van der Waals surface area contributed by atoms with Gasteiger partial charge in [0.1, 0.15) is 13.2 Å². The van der Waals surface area contributed by atoms with Crippen LogP contribution in [0.1, 0.15) is 284 Å². The highest BCUT2D eigenvalue weighted by Gasteiger charge is 2.19. The number of hydrogen-bond donors (Lipinski definition) is 0. The van der Waals surface area contributed by atoms with E-state index in [-0.39, 0.29) is 31.1 Å². The van der Waals surface area contributed by atoms with Crippen molar-refractivity contribution in [3.63, 3.8) is 0 Å². The summed E-state index contributed by atoms with van der Waals surface area (Å²) in [5.41, 5.74) is 0. The standard InChI is InChI=1S/C60H106O6/c1-4-7-10-13-16-19-22-25-28-29-30-31-33-35-38-41-44-47-50-53-59(62)65-56-57(55-64-58(61)52-49-46-43-40-37-34-27-24-21-18-15-12-9-6-3)66-60(63)54-51-48-45-42-39-36-32-26-23-20-17-14-11-8-5-2/h8,11,14,17,20,23,26,32,34,37,57H,4-7,9-10,12-13,15-16,18-19,21-22,24-25,27-31,33,35-36,38-56H2,1-3H3/b11-8-,17-14-,23-20-,32-26-,37-34-. The summed E-state index contributed by atoms with van der Waals surface area (Å²) >= 11 is 0. The molecule has 0 aliphatic heterocycles. The maximum absolute atomic E-state index is 12.8. The smallest absolute Gasteiger partial charge is 0.306 e. The molecule has 0 radical (unpaired) electrons. The van der Waals surface area contributed by atoms with Gasteiger partial charge in [-0.1, -0.05) is 261 Å². The number of esters is 3. The van der Waals surface area contributed by atoms with E-state index in [1.807, 2.05) is 18.2 Å². The minimum Gasteiger partial charge on any atom is -0.462 e. The Morgan fingerprint density at radius 2 is 0.606 bits per heavy atom. The van der Waals surface area contributed by atoms with E-state index in [0.717, 1.165) is 96.3 Å². The van der Waals surface area contributed by atoms with Gasteiger partial charge in [0.2, 0.25) is 0 Å². The Hall–Kier alpha value is -2.89. The van der Waals surface area contributed by atoms with Crippen LogP contribution in [0.5, 0.6) is 0 Å². The Bertz CT molecular complexity index is 1200. The zero-order valence-electron chi connectivity index (χ0n) is 43.7. The van der Waals surface area contributed by atoms with Gasteiger partial charge in [-0.15, -0.1) is 0 Å². The minimum absolute atomic E-state index is 0.0862. The predicted molar refractivity (Wildman–Crippen MR) is 284 cm³/mol. The summed E-state index contributed by atoms with van der Waals surface area (Å²) in [5.74, 6) is -0.915. The second-order valence-corrected chi connectivity index (χ2v) is 18.9. The lowest BCUT2D eigenvalue weighted by Crippen LogP contribution is -2.30. The molecule has 0 N–H and O–H groups in total. The summed E-state index contributed by atoms with van der Waals surface area (Å²) < 4.78 is 16.8. The van der Waals surface area contributed by atoms with Crippen molar-refractivity contribution in [1.82, 2.24) is 0 Å². The monoisotopic (exact) mass is 923 g/mol. The first-order valence-corrected chi connectivity index (χ1v) is 28.3. The largest absolute Gasteiger partial charge is 0.462 e. The number of ether oxygens (including phenoxy) is 3. The summed E-state index contributed by atoms with van der Waals surface area (Å²) in [6, 6.07) is 0. The first-order valence-electron chi connectivity index (χ1n) is 28.3. The van der Waals surface area contributed by atoms with Crippen molar-refractivity contribution in [2.24, 2.45) is 0 Å². The SMILES string of the molecule is CC\C=C/C=C\C=C/C=C\CCCCCCCC(=O)OC(COC(=O)CCCCC/C=C\CCCCCCCCC)COC(=O)CCCCCCCCCCCCCCCCCCCCC. The Kier molecular flexibility index (Phi) is 52.3. The quantitative estimate of drug-likeness (QED) is 0.0199. The van der Waals surface area contributed by atoms with E-state index in [4.69, 9.17) is 14.2 Å². The number of hydrogen-bond acceptors (Lipinski definition) is 6. The number of unbranched alkanes of at least 4 members (excludes halogenated alkanes) is 33. The van der Waals surface area contributed by atoms with Crippen molar-refractivity contribution >= 4 is 17.9 Å². The summed E-state index contributed by atoms with van der Waals surface area (Å²) in [5, 5.41) is 0. The molecule has 6 nitrogen and oxygen atoms in total. The Morgan fingerprint density at radius 3 is 0.985 bits per heavy atom. The Balaban J connectivity index is 4.38. The normalized spacial score (nSPS) is 12.5. The van der Waals surface area contributed by atoms with Crippen LogP contribution in [0.2, 0.25) is 0 Å². The number of carbonyl (C=O) groups is 3. The van der Waals surface area contributed by atoms with Crippen molar-refractivity contribution < 1.29 is 28.6 Å². The Labute approximate surface area is 409 Å². The summed E-state index contributed by atoms with van der Waals surface area (Å²) in [7, 11) is 0. The fraction of sp³-hybridized carbons (Fsp3) is 0.783. The highest BCUT2D eigenvalue weighted by atomic mass is 16.6. The van der Waals surface area contributed by atoms with Crippen molar-refractivity contribution in [1.29, 1.82) is 0 Å². The molecule has 0 heterocycles. The molecular formula is C60H106O6. The van der Waals surface area contributed by atoms with E-state index >= 15 is 0 Å². The summed E-state index contributed by atoms with van der Waals surface area (Å²) in [6.45, 7) is 6.49. The van der Waals surface area contributed by atoms with Crippen molar-refractivity contribution in [3.8, 4) is 0 Å². The number of allylic oxidation sites excluding steroid dienone is 10. The van der Waals surface area contributed by atoms with Crippen molar-refractivity contribution in [2.75, 3.05) is 13.2 Å². The van der Waals surface area contributed by atoms with Gasteiger partial charge in [0.15, 0.2) is 6.10 Å². The van der Waals surface area contributed by atoms with E-state index < -0.39 is 6.10 Å². The topological polar surface area (TPSA) is 78.9 Å². The molecule has 0 aliphatic rings. The van der Waals surface area contributed by atoms with E-state index in [0.29, 0.717) is 19.3 Å². The lowest BCUT2D eigenvalue weighted by atomic mass is 10.0. The third-order valence-corrected chi connectivity index (χ3v) is 12.4. The first kappa shape index (κ1) is 63.1. The lowest BCUT2D eigenvalue weighted by Gasteiger charge is -2.18. The van der Waals surface area contributed by atoms with E-state index in [1.54, 1.807) is 0 Å². The van der Waals surface area contributed by atoms with E-state index in [1.165, 1.54) is 148 Å². The van der Waals surface area contributed by atoms with Crippen LogP contribution < -0.4 is 0 Å². The first-order chi connectivity index (χ1) is 32.5. The van der Waals surface area contributed by atoms with Crippen LogP contribution in [0, 0.1) is 0 Å². The molecule has 0 rings (SSSR count). The third kappa shape index (κ3) is 52.1. The molecule has 0 aromatic carbocycles. The van der Waals surface area contributed by atoms with Crippen LogP contribution in [-0.4, -0.2) is 37.2 Å². The van der Waals surface area contributed by atoms with Gasteiger partial charge in [0.05, 0.1) is 0 Å². The number of carbonyl (C=O) groups excluding carboxylic acids is 3. The number of rotatable bonds is 51. The maximum atomic E-state index is 12.8. The molecule has 0 amide bonds. The summed E-state index contributed by atoms with van der Waals surface area (Å²) in [4.78, 5) is 38.1. The third-order valence-electron chi connectivity index (χ3n) is 12.4. The predicted octanol–water partition coefficient (Wildman–Crippen LogP) is 18.8. The Morgan fingerprint density at radius 1 is 0.318 bits per heavy atom. The average Bonchev–Trinajstić information content (AvgIpc) is 3.31. The van der Waals surface area contributed by atoms with Gasteiger partial charge in [0.25, 0.3) is 0 Å². The van der Waals surface area contributed by atoms with Gasteiger partial charge in [0, 0.05) is 19.3 Å². The molecule has 0 aliphatic carbocycles. The maximum Gasteiger partial charge on any atom is 0.306 e. The summed E-state index contributed by atoms with van der Waals surface area (Å²) in [6.07, 6.45) is 67.8. The molecule has 0 saturated carbocycles. The van der Waals surface area contributed by atoms with Crippen LogP contribution >= 0.6 is 0 Å². The molecule has 6 heteroatoms. The van der Waals surface area contributed by atoms with Crippen LogP contribution in [0.25, 0.3) is 0 Å². The lowest BCUT2D eigenvalue weighted by molar-refractivity contribution is -0.167. The van der Waals surface area contributed by atoms with Gasteiger partial charge >= 0.3 is 17.9 Å². The average molecular weight is 924 g/mol. The van der Waals surface area contributed by atoms with Gasteiger partial charge in [-0.05, 0) is 64.2 Å². The molecule has 0 bridgehead atoms. The molecule has 66 heavy (non-hydrogen) atoms. The second-order valence-electron chi connectivity index (χ2n) is 18.9. The molecule has 382 valence electrons.